The topological polar surface area (TPSA) is 257 Å². The Labute approximate surface area is 766 Å². The van der Waals surface area contributed by atoms with Gasteiger partial charge in [0.05, 0.1) is 67.0 Å². The number of carbonyl (C=O) groups is 12. The van der Waals surface area contributed by atoms with Gasteiger partial charge in [0.1, 0.15) is 11.2 Å². The van der Waals surface area contributed by atoms with Crippen LogP contribution in [0.5, 0.6) is 0 Å². The van der Waals surface area contributed by atoms with Crippen molar-refractivity contribution in [2.45, 2.75) is 134 Å². The second-order valence-corrected chi connectivity index (χ2v) is 38.7. The number of carbonyl (C=O) groups excluding carboxylic acids is 12. The molecular weight excluding hydrogens is 1640 g/mol. The average molecular weight is 1750 g/mol. The second-order valence-electron chi connectivity index (χ2n) is 38.7. The first-order valence-corrected chi connectivity index (χ1v) is 45.1. The Morgan fingerprint density at radius 3 is 0.870 bits per heavy atom. The molecule has 131 heavy (non-hydrogen) atoms. The van der Waals surface area contributed by atoms with Crippen molar-refractivity contribution in [2.24, 2.45) is 61.6 Å². The van der Waals surface area contributed by atoms with Gasteiger partial charge in [-0.2, -0.15) is 0 Å². The van der Waals surface area contributed by atoms with Gasteiger partial charge in [0, 0.05) is 44.9 Å². The molecule has 9 aromatic carbocycles. The molecule has 19 rings (SSSR count). The number of benzene rings is 9. The van der Waals surface area contributed by atoms with Gasteiger partial charge in [0.25, 0.3) is 11.8 Å². The molecule has 3 aliphatic heterocycles. The summed E-state index contributed by atoms with van der Waals surface area (Å²) in [5.74, 6) is -4.55. The average Bonchev–Trinajstić information content (AvgIpc) is 1.43. The summed E-state index contributed by atoms with van der Waals surface area (Å²) in [5.41, 5.74) is 6.68. The number of allylic oxidation sites excluding steroid dienone is 8. The third-order valence-corrected chi connectivity index (χ3v) is 28.9. The van der Waals surface area contributed by atoms with Crippen molar-refractivity contribution in [1.82, 2.24) is 25.3 Å². The van der Waals surface area contributed by atoms with Crippen molar-refractivity contribution in [1.29, 1.82) is 0 Å². The van der Waals surface area contributed by atoms with E-state index in [1.807, 2.05) is 254 Å². The van der Waals surface area contributed by atoms with Gasteiger partial charge < -0.3 is 20.1 Å². The monoisotopic (exact) mass is 1750 g/mol. The zero-order chi connectivity index (χ0) is 94.1. The number of imide groups is 3. The summed E-state index contributed by atoms with van der Waals surface area (Å²) < 4.78 is 10.3. The molecule has 10 aliphatic rings. The third-order valence-electron chi connectivity index (χ3n) is 28.9. The summed E-state index contributed by atoms with van der Waals surface area (Å²) >= 11 is 0. The van der Waals surface area contributed by atoms with Crippen LogP contribution in [0.3, 0.4) is 0 Å². The van der Waals surface area contributed by atoms with Gasteiger partial charge >= 0.3 is 12.2 Å². The van der Waals surface area contributed by atoms with Crippen molar-refractivity contribution < 1.29 is 67.0 Å². The Morgan fingerprint density at radius 1 is 0.328 bits per heavy atom. The minimum atomic E-state index is -1.15. The minimum absolute atomic E-state index is 0.000514. The predicted molar refractivity (Wildman–Crippen MR) is 506 cm³/mol. The number of ketones is 4. The molecule has 2 N–H and O–H groups in total. The fourth-order valence-corrected chi connectivity index (χ4v) is 23.9. The highest BCUT2D eigenvalue weighted by atomic mass is 16.6. The highest BCUT2D eigenvalue weighted by molar-refractivity contribution is 6.35. The van der Waals surface area contributed by atoms with Crippen molar-refractivity contribution in [2.75, 3.05) is 32.7 Å². The van der Waals surface area contributed by atoms with Crippen LogP contribution in [0, 0.1) is 68.5 Å². The van der Waals surface area contributed by atoms with E-state index in [1.165, 1.54) is 27.5 Å². The number of alkyl carbamates (subject to hydrolysis) is 2. The lowest BCUT2D eigenvalue weighted by Gasteiger charge is -2.55. The number of nitrogens with zero attached hydrogens (tertiary/aromatic N) is 3. The molecule has 12 unspecified atom stereocenters. The number of fused-ring (bicyclic) bond motifs is 15. The van der Waals surface area contributed by atoms with E-state index in [2.05, 4.69) is 99.0 Å². The number of aryl methyl sites for hydroxylation is 1. The smallest absolute Gasteiger partial charge is 0.407 e. The van der Waals surface area contributed by atoms with E-state index in [9.17, 15) is 52.7 Å². The second kappa shape index (κ2) is 34.6. The van der Waals surface area contributed by atoms with E-state index in [1.54, 1.807) is 41.5 Å². The predicted octanol–water partition coefficient (Wildman–Crippen LogP) is 19.2. The number of amides is 8. The summed E-state index contributed by atoms with van der Waals surface area (Å²) in [5, 5.41) is 5.10. The first-order valence-electron chi connectivity index (χ1n) is 45.1. The molecule has 670 valence electrons. The maximum Gasteiger partial charge on any atom is 0.407 e. The largest absolute Gasteiger partial charge is 0.444 e. The Kier molecular flexibility index (Phi) is 24.3. The van der Waals surface area contributed by atoms with Crippen molar-refractivity contribution in [3.63, 3.8) is 0 Å². The van der Waals surface area contributed by atoms with E-state index in [0.29, 0.717) is 13.0 Å². The van der Waals surface area contributed by atoms with Gasteiger partial charge in [-0.05, 0) is 199 Å². The Bertz CT molecular complexity index is 6080. The molecule has 19 nitrogen and oxygen atoms in total. The summed E-state index contributed by atoms with van der Waals surface area (Å²) in [7, 11) is 0. The number of ether oxygens (including phenoxy) is 2. The summed E-state index contributed by atoms with van der Waals surface area (Å²) in [4.78, 5) is 162. The van der Waals surface area contributed by atoms with Crippen molar-refractivity contribution in [3.8, 4) is 0 Å². The van der Waals surface area contributed by atoms with E-state index in [0.717, 1.165) is 94.0 Å². The van der Waals surface area contributed by atoms with Gasteiger partial charge in [0.15, 0.2) is 23.1 Å². The molecule has 0 radical (unpaired) electrons. The maximum absolute atomic E-state index is 15.4. The fourth-order valence-electron chi connectivity index (χ4n) is 23.9. The standard InChI is InChI=1S/C38H32O2.C30H32N2O5.C26H25NO3.C11H16N2O4.C7H8/c1-25-30(26-17-9-5-10-18-26)38(29-23-15-8-16-24-29)36(3)32(28-21-13-7-14-22-28)31(27-19-11-6-12-20-27)35(2,34(36)40)37(38,4)33(25)39;1-28(2,3)37-27(36)31-16-17-32-24(33)22-23(25(32)34)30(5)21(19-14-10-7-11-15-19)20(29(22,4)26(30)35)18-12-8-6-9-13-18;1-4-15-27-22(28)20-21(23(27)29)26(3)19(17-13-9-6-10-14-17)18(25(20,2)24(26)30)16-11-7-5-8-12-16;1-11(2,3)17-10(16)12-6-7-13-8(14)4-5-9(13)15;1-7-5-3-2-4-6-7/h5-24H,1-4H3;6-15,22-23H,16-17H2,1-5H3,(H,31,36);5-14,20-21H,4,15H2,1-3H3;4-5H,6-7H2,1-3H3,(H,12,16);2-6H,1H3. The molecule has 0 spiro atoms. The molecule has 8 amide bonds. The molecule has 7 aliphatic carbocycles. The van der Waals surface area contributed by atoms with Crippen LogP contribution in [-0.2, 0) is 62.8 Å². The van der Waals surface area contributed by atoms with E-state index in [-0.39, 0.29) is 84.8 Å². The first kappa shape index (κ1) is 92.0. The van der Waals surface area contributed by atoms with Crippen LogP contribution >= 0.6 is 0 Å². The van der Waals surface area contributed by atoms with E-state index >= 15 is 4.79 Å². The molecular formula is C112H113N5O14. The fraction of sp³-hybridized carbons (Fsp3) is 0.321. The zero-order valence-corrected chi connectivity index (χ0v) is 77.2. The van der Waals surface area contributed by atoms with Crippen LogP contribution in [0.1, 0.15) is 160 Å². The summed E-state index contributed by atoms with van der Waals surface area (Å²) in [6.45, 7) is 31.0. The summed E-state index contributed by atoms with van der Waals surface area (Å²) in [6.07, 6.45) is 1.94. The lowest BCUT2D eigenvalue weighted by Crippen LogP contribution is -2.56. The zero-order valence-electron chi connectivity index (χ0n) is 77.2. The molecule has 9 aromatic rings. The highest BCUT2D eigenvalue weighted by Crippen LogP contribution is 2.86. The number of Topliss-reactive ketones (excluding diaryl/α,β-unsaturated/α-hetero) is 4. The van der Waals surface area contributed by atoms with Gasteiger partial charge in [-0.3, -0.25) is 62.6 Å². The molecule has 0 aromatic heterocycles. The molecule has 2 saturated heterocycles. The number of rotatable bonds is 16. The molecule has 6 bridgehead atoms. The van der Waals surface area contributed by atoms with E-state index in [4.69, 9.17) is 9.47 Å². The van der Waals surface area contributed by atoms with Crippen LogP contribution < -0.4 is 10.6 Å². The Morgan fingerprint density at radius 2 is 0.588 bits per heavy atom. The Hall–Kier alpha value is -13.7. The lowest BCUT2D eigenvalue weighted by atomic mass is 9.43. The number of nitrogens with one attached hydrogen (secondary N) is 2. The Balaban J connectivity index is 0.000000134. The van der Waals surface area contributed by atoms with Crippen LogP contribution in [0.15, 0.2) is 291 Å². The molecule has 5 fully saturated rings. The molecule has 3 heterocycles. The van der Waals surface area contributed by atoms with Crippen LogP contribution in [0.4, 0.5) is 9.59 Å². The normalized spacial score (nSPS) is 27.4. The van der Waals surface area contributed by atoms with Crippen LogP contribution in [-0.4, -0.2) is 129 Å². The molecule has 12 atom stereocenters. The van der Waals surface area contributed by atoms with Gasteiger partial charge in [-0.15, -0.1) is 0 Å². The molecule has 19 heteroatoms. The summed E-state index contributed by atoms with van der Waals surface area (Å²) in [6, 6.07) is 90.4. The number of hydrogen-bond acceptors (Lipinski definition) is 14. The SMILES string of the molecule is CC(C)(C)OC(=O)NCCN1C(=O)C2C(C1=O)C1(C)C(=O)C2(C)C(c2ccccc2)=C1c1ccccc1.CC(C)(C)OC(=O)NCCN1C(=O)C=CC1=O.CC1=C(c2ccccc2)C2(c3ccccc3)C3(C)C(=O)C(C)(C(c4ccccc4)=C3c3ccccc3)C2(C)C1=O.CCCN1C(=O)C2C(C1=O)C1(C)C(=O)C2(C)C(c2ccccc2)=C1c1ccccc1.Cc1ccccc1. The van der Waals surface area contributed by atoms with E-state index < -0.39 is 90.4 Å². The minimum Gasteiger partial charge on any atom is -0.444 e. The van der Waals surface area contributed by atoms with Crippen molar-refractivity contribution >= 4 is 110 Å². The van der Waals surface area contributed by atoms with Crippen molar-refractivity contribution in [3.05, 3.63) is 341 Å². The van der Waals surface area contributed by atoms with Gasteiger partial charge in [0.2, 0.25) is 23.6 Å². The molecule has 3 saturated carbocycles. The van der Waals surface area contributed by atoms with Gasteiger partial charge in [-0.1, -0.05) is 285 Å². The number of hydrogen-bond donors (Lipinski definition) is 2. The van der Waals surface area contributed by atoms with Gasteiger partial charge in [-0.25, -0.2) is 9.59 Å². The number of likely N-dealkylation sites (tertiary alicyclic amines) is 2. The lowest BCUT2D eigenvalue weighted by molar-refractivity contribution is -0.145. The maximum atomic E-state index is 15.4. The highest BCUT2D eigenvalue weighted by Gasteiger charge is 2.89. The first-order chi connectivity index (χ1) is 62.3. The quantitative estimate of drug-likeness (QED) is 0.0853. The van der Waals surface area contributed by atoms with Crippen LogP contribution in [0.2, 0.25) is 0 Å². The van der Waals surface area contributed by atoms with Crippen LogP contribution in [0.25, 0.3) is 39.0 Å². The third kappa shape index (κ3) is 14.4.